The minimum atomic E-state index is -0.194. The van der Waals surface area contributed by atoms with Gasteiger partial charge in [-0.25, -0.2) is 0 Å². The van der Waals surface area contributed by atoms with Crippen molar-refractivity contribution in [3.05, 3.63) is 22.4 Å². The lowest BCUT2D eigenvalue weighted by atomic mass is 10.2. The van der Waals surface area contributed by atoms with Gasteiger partial charge in [0.2, 0.25) is 5.91 Å². The molecule has 1 rings (SSSR count). The molecule has 0 fully saturated rings. The molecule has 1 amide bonds. The first kappa shape index (κ1) is 14.2. The molecule has 0 aliphatic rings. The first-order valence-electron chi connectivity index (χ1n) is 5.62. The summed E-state index contributed by atoms with van der Waals surface area (Å²) in [6.45, 7) is 2.39. The van der Waals surface area contributed by atoms with Crippen LogP contribution in [-0.2, 0) is 9.53 Å². The van der Waals surface area contributed by atoms with Crippen molar-refractivity contribution in [2.75, 3.05) is 20.7 Å². The van der Waals surface area contributed by atoms with Crippen molar-refractivity contribution in [2.45, 2.75) is 25.5 Å². The van der Waals surface area contributed by atoms with Crippen molar-refractivity contribution in [2.24, 2.45) is 5.73 Å². The van der Waals surface area contributed by atoms with Crippen molar-refractivity contribution in [1.29, 1.82) is 0 Å². The molecule has 0 saturated carbocycles. The number of ether oxygens (including phenoxy) is 1. The van der Waals surface area contributed by atoms with Gasteiger partial charge in [0.1, 0.15) is 0 Å². The normalized spacial score (nSPS) is 14.4. The quantitative estimate of drug-likeness (QED) is 0.841. The summed E-state index contributed by atoms with van der Waals surface area (Å²) in [6, 6.07) is 4.13. The Hall–Kier alpha value is -0.910. The van der Waals surface area contributed by atoms with Crippen LogP contribution in [0.3, 0.4) is 0 Å². The fourth-order valence-electron chi connectivity index (χ4n) is 1.54. The summed E-state index contributed by atoms with van der Waals surface area (Å²) in [5.74, 6) is 0.0585. The number of nitrogens with zero attached hydrogens (tertiary/aromatic N) is 1. The van der Waals surface area contributed by atoms with E-state index in [4.69, 9.17) is 10.5 Å². The maximum Gasteiger partial charge on any atom is 0.225 e. The summed E-state index contributed by atoms with van der Waals surface area (Å²) in [6.07, 6.45) is 0.139. The number of rotatable bonds is 6. The highest BCUT2D eigenvalue weighted by Crippen LogP contribution is 2.24. The van der Waals surface area contributed by atoms with Gasteiger partial charge in [-0.05, 0) is 18.4 Å². The predicted octanol–water partition coefficient (Wildman–Crippen LogP) is 1.63. The van der Waals surface area contributed by atoms with Crippen LogP contribution in [0.25, 0.3) is 0 Å². The van der Waals surface area contributed by atoms with Gasteiger partial charge >= 0.3 is 0 Å². The lowest BCUT2D eigenvalue weighted by molar-refractivity contribution is -0.134. The molecule has 2 unspecified atom stereocenters. The first-order chi connectivity index (χ1) is 8.10. The van der Waals surface area contributed by atoms with Crippen LogP contribution in [0.4, 0.5) is 0 Å². The smallest absolute Gasteiger partial charge is 0.225 e. The van der Waals surface area contributed by atoms with E-state index in [-0.39, 0.29) is 18.1 Å². The molecule has 96 valence electrons. The predicted molar refractivity (Wildman–Crippen MR) is 70.0 cm³/mol. The van der Waals surface area contributed by atoms with E-state index in [9.17, 15) is 4.79 Å². The zero-order valence-electron chi connectivity index (χ0n) is 10.6. The largest absolute Gasteiger partial charge is 0.380 e. The Bertz CT molecular complexity index is 336. The van der Waals surface area contributed by atoms with E-state index in [0.29, 0.717) is 13.0 Å². The van der Waals surface area contributed by atoms with E-state index in [1.165, 1.54) is 4.88 Å². The molecule has 5 heteroatoms. The van der Waals surface area contributed by atoms with Crippen LogP contribution in [0.5, 0.6) is 0 Å². The van der Waals surface area contributed by atoms with Crippen LogP contribution >= 0.6 is 11.3 Å². The van der Waals surface area contributed by atoms with E-state index in [1.807, 2.05) is 31.5 Å². The standard InChI is InChI=1S/C12H20N2O2S/c1-9(11-5-4-6-17-11)14(2)12(15)7-10(8-13)16-3/h4-6,9-10H,7-8,13H2,1-3H3. The molecule has 4 nitrogen and oxygen atoms in total. The summed E-state index contributed by atoms with van der Waals surface area (Å²) >= 11 is 1.66. The minimum absolute atomic E-state index is 0.0585. The second kappa shape index (κ2) is 6.74. The summed E-state index contributed by atoms with van der Waals surface area (Å²) in [5, 5.41) is 2.02. The SMILES string of the molecule is COC(CN)CC(=O)N(C)C(C)c1cccs1. The second-order valence-electron chi connectivity index (χ2n) is 3.99. The van der Waals surface area contributed by atoms with Crippen LogP contribution in [0.2, 0.25) is 0 Å². The number of carbonyl (C=O) groups excluding carboxylic acids is 1. The summed E-state index contributed by atoms with van der Waals surface area (Å²) < 4.78 is 5.12. The van der Waals surface area contributed by atoms with Gasteiger partial charge in [-0.15, -0.1) is 11.3 Å². The third-order valence-electron chi connectivity index (χ3n) is 2.93. The van der Waals surface area contributed by atoms with Crippen LogP contribution in [0.15, 0.2) is 17.5 Å². The monoisotopic (exact) mass is 256 g/mol. The van der Waals surface area contributed by atoms with Gasteiger partial charge in [0.05, 0.1) is 18.6 Å². The van der Waals surface area contributed by atoms with Crippen molar-refractivity contribution in [3.63, 3.8) is 0 Å². The molecule has 0 aliphatic carbocycles. The Morgan fingerprint density at radius 1 is 1.65 bits per heavy atom. The molecule has 0 radical (unpaired) electrons. The summed E-state index contributed by atoms with van der Waals surface area (Å²) in [7, 11) is 3.39. The number of carbonyl (C=O) groups is 1. The van der Waals surface area contributed by atoms with Gasteiger partial charge in [0, 0.05) is 25.6 Å². The zero-order valence-corrected chi connectivity index (χ0v) is 11.4. The number of hydrogen-bond acceptors (Lipinski definition) is 4. The molecular weight excluding hydrogens is 236 g/mol. The van der Waals surface area contributed by atoms with Crippen molar-refractivity contribution in [1.82, 2.24) is 4.90 Å². The van der Waals surface area contributed by atoms with Crippen molar-refractivity contribution in [3.8, 4) is 0 Å². The number of methoxy groups -OCH3 is 1. The van der Waals surface area contributed by atoms with Crippen molar-refractivity contribution >= 4 is 17.2 Å². The molecule has 2 atom stereocenters. The molecule has 17 heavy (non-hydrogen) atoms. The molecule has 0 saturated heterocycles. The lowest BCUT2D eigenvalue weighted by Crippen LogP contribution is -2.34. The van der Waals surface area contributed by atoms with Crippen molar-refractivity contribution < 1.29 is 9.53 Å². The number of thiophene rings is 1. The van der Waals surface area contributed by atoms with E-state index in [2.05, 4.69) is 0 Å². The fourth-order valence-corrected chi connectivity index (χ4v) is 2.36. The van der Waals surface area contributed by atoms with Gasteiger partial charge in [0.15, 0.2) is 0 Å². The minimum Gasteiger partial charge on any atom is -0.380 e. The molecule has 1 aromatic rings. The topological polar surface area (TPSA) is 55.6 Å². The number of amides is 1. The number of nitrogens with two attached hydrogens (primary N) is 1. The van der Waals surface area contributed by atoms with E-state index in [1.54, 1.807) is 23.3 Å². The van der Waals surface area contributed by atoms with Crippen LogP contribution < -0.4 is 5.73 Å². The molecule has 1 heterocycles. The first-order valence-corrected chi connectivity index (χ1v) is 6.50. The molecule has 1 aromatic heterocycles. The Kier molecular flexibility index (Phi) is 5.61. The fraction of sp³-hybridized carbons (Fsp3) is 0.583. The van der Waals surface area contributed by atoms with E-state index < -0.39 is 0 Å². The molecule has 0 aliphatic heterocycles. The molecule has 2 N–H and O–H groups in total. The maximum atomic E-state index is 12.0. The highest BCUT2D eigenvalue weighted by molar-refractivity contribution is 7.10. The van der Waals surface area contributed by atoms with Gasteiger partial charge in [-0.1, -0.05) is 6.07 Å². The Labute approximate surface area is 106 Å². The maximum absolute atomic E-state index is 12.0. The average molecular weight is 256 g/mol. The lowest BCUT2D eigenvalue weighted by Gasteiger charge is -2.25. The van der Waals surface area contributed by atoms with Gasteiger partial charge in [0.25, 0.3) is 0 Å². The average Bonchev–Trinajstić information content (AvgIpc) is 2.87. The molecular formula is C12H20N2O2S. The van der Waals surface area contributed by atoms with Gasteiger partial charge in [-0.3, -0.25) is 4.79 Å². The third-order valence-corrected chi connectivity index (χ3v) is 3.97. The van der Waals surface area contributed by atoms with E-state index >= 15 is 0 Å². The molecule has 0 spiro atoms. The number of hydrogen-bond donors (Lipinski definition) is 1. The van der Waals surface area contributed by atoms with E-state index in [0.717, 1.165) is 0 Å². The molecule has 0 aromatic carbocycles. The Morgan fingerprint density at radius 3 is 2.82 bits per heavy atom. The van der Waals surface area contributed by atoms with Gasteiger partial charge < -0.3 is 15.4 Å². The third kappa shape index (κ3) is 3.80. The zero-order chi connectivity index (χ0) is 12.8. The second-order valence-corrected chi connectivity index (χ2v) is 4.97. The van der Waals surface area contributed by atoms with Crippen LogP contribution in [0, 0.1) is 0 Å². The highest BCUT2D eigenvalue weighted by Gasteiger charge is 2.20. The van der Waals surface area contributed by atoms with Gasteiger partial charge in [-0.2, -0.15) is 0 Å². The Balaban J connectivity index is 2.57. The Morgan fingerprint density at radius 2 is 2.35 bits per heavy atom. The molecule has 0 bridgehead atoms. The highest BCUT2D eigenvalue weighted by atomic mass is 32.1. The van der Waals surface area contributed by atoms with Crippen LogP contribution in [0.1, 0.15) is 24.3 Å². The summed E-state index contributed by atoms with van der Waals surface area (Å²) in [4.78, 5) is 14.9. The van der Waals surface area contributed by atoms with Crippen LogP contribution in [-0.4, -0.2) is 37.6 Å². The summed E-state index contributed by atoms with van der Waals surface area (Å²) in [5.41, 5.74) is 5.51.